The number of nitrogens with one attached hydrogen (secondary N) is 1. The molecule has 0 atom stereocenters. The Kier molecular flexibility index (Phi) is 6.57. The Bertz CT molecular complexity index is 980. The number of nitrogens with zero attached hydrogens (tertiary/aromatic N) is 4. The number of aromatic nitrogens is 2. The van der Waals surface area contributed by atoms with Gasteiger partial charge in [-0.05, 0) is 42.8 Å². The number of benzene rings is 1. The summed E-state index contributed by atoms with van der Waals surface area (Å²) in [6.07, 6.45) is 4.61. The van der Waals surface area contributed by atoms with Crippen molar-refractivity contribution in [3.63, 3.8) is 0 Å². The zero-order valence-electron chi connectivity index (χ0n) is 16.7. The number of carbonyl (C=O) groups excluding carboxylic acids is 1. The van der Waals surface area contributed by atoms with Gasteiger partial charge in [0.25, 0.3) is 5.91 Å². The molecule has 1 aromatic carbocycles. The highest BCUT2D eigenvalue weighted by Gasteiger charge is 2.17. The van der Waals surface area contributed by atoms with E-state index in [1.165, 1.54) is 0 Å². The van der Waals surface area contributed by atoms with Crippen molar-refractivity contribution in [3.05, 3.63) is 83.3 Å². The van der Waals surface area contributed by atoms with Crippen molar-refractivity contribution in [2.75, 3.05) is 36.4 Å². The van der Waals surface area contributed by atoms with Crippen molar-refractivity contribution < 1.29 is 4.79 Å². The fourth-order valence-electron chi connectivity index (χ4n) is 3.57. The van der Waals surface area contributed by atoms with E-state index < -0.39 is 0 Å². The van der Waals surface area contributed by atoms with E-state index in [2.05, 4.69) is 31.2 Å². The van der Waals surface area contributed by atoms with E-state index in [9.17, 15) is 4.79 Å². The van der Waals surface area contributed by atoms with Crippen molar-refractivity contribution in [1.29, 1.82) is 0 Å². The number of carbonyl (C=O) groups is 1. The molecule has 3 heterocycles. The van der Waals surface area contributed by atoms with Crippen molar-refractivity contribution in [1.82, 2.24) is 14.9 Å². The minimum Gasteiger partial charge on any atom is -0.355 e. The van der Waals surface area contributed by atoms with Crippen molar-refractivity contribution >= 4 is 29.0 Å². The molecule has 1 saturated heterocycles. The molecule has 2 aromatic heterocycles. The quantitative estimate of drug-likeness (QED) is 0.672. The summed E-state index contributed by atoms with van der Waals surface area (Å²) in [5, 5.41) is 3.29. The number of hydrogen-bond acceptors (Lipinski definition) is 5. The Morgan fingerprint density at radius 2 is 1.83 bits per heavy atom. The lowest BCUT2D eigenvalue weighted by atomic mass is 10.2. The largest absolute Gasteiger partial charge is 0.355 e. The maximum Gasteiger partial charge on any atom is 0.257 e. The predicted octanol–water partition coefficient (Wildman–Crippen LogP) is 4.09. The highest BCUT2D eigenvalue weighted by molar-refractivity contribution is 6.34. The molecule has 0 spiro atoms. The Hall–Kier alpha value is -2.96. The third-order valence-electron chi connectivity index (χ3n) is 5.15. The molecule has 4 rings (SSSR count). The molecule has 0 radical (unpaired) electrons. The van der Waals surface area contributed by atoms with E-state index in [1.54, 1.807) is 30.5 Å². The average Bonchev–Trinajstić information content (AvgIpc) is 3.01. The summed E-state index contributed by atoms with van der Waals surface area (Å²) in [6.45, 7) is 4.74. The normalized spacial score (nSPS) is 14.9. The van der Waals surface area contributed by atoms with E-state index in [0.717, 1.165) is 50.7 Å². The molecule has 1 aliphatic rings. The van der Waals surface area contributed by atoms with Gasteiger partial charge in [0.1, 0.15) is 5.82 Å². The van der Waals surface area contributed by atoms with Crippen molar-refractivity contribution in [2.45, 2.75) is 13.0 Å². The molecular weight excluding hydrogens is 398 g/mol. The topological polar surface area (TPSA) is 61.4 Å². The molecule has 1 N–H and O–H groups in total. The second-order valence-corrected chi connectivity index (χ2v) is 7.68. The van der Waals surface area contributed by atoms with Crippen LogP contribution in [-0.2, 0) is 6.54 Å². The van der Waals surface area contributed by atoms with Gasteiger partial charge in [-0.1, -0.05) is 29.8 Å². The molecule has 6 nitrogen and oxygen atoms in total. The van der Waals surface area contributed by atoms with E-state index in [4.69, 9.17) is 11.6 Å². The first-order chi connectivity index (χ1) is 14.7. The summed E-state index contributed by atoms with van der Waals surface area (Å²) in [4.78, 5) is 26.1. The van der Waals surface area contributed by atoms with Gasteiger partial charge in [-0.15, -0.1) is 0 Å². The van der Waals surface area contributed by atoms with Gasteiger partial charge in [-0.2, -0.15) is 0 Å². The third kappa shape index (κ3) is 5.14. The van der Waals surface area contributed by atoms with Crippen LogP contribution >= 0.6 is 11.6 Å². The third-order valence-corrected chi connectivity index (χ3v) is 5.48. The van der Waals surface area contributed by atoms with Gasteiger partial charge < -0.3 is 10.2 Å². The zero-order chi connectivity index (χ0) is 20.8. The van der Waals surface area contributed by atoms with Crippen LogP contribution in [0.4, 0.5) is 11.5 Å². The van der Waals surface area contributed by atoms with Crippen LogP contribution in [0.25, 0.3) is 0 Å². The molecule has 1 amide bonds. The lowest BCUT2D eigenvalue weighted by Gasteiger charge is -2.22. The van der Waals surface area contributed by atoms with Gasteiger partial charge >= 0.3 is 0 Å². The number of amides is 1. The van der Waals surface area contributed by atoms with Crippen LogP contribution in [0.3, 0.4) is 0 Å². The lowest BCUT2D eigenvalue weighted by Crippen LogP contribution is -2.31. The van der Waals surface area contributed by atoms with Gasteiger partial charge in [0.2, 0.25) is 0 Å². The first-order valence-electron chi connectivity index (χ1n) is 10.1. The molecule has 7 heteroatoms. The van der Waals surface area contributed by atoms with E-state index in [-0.39, 0.29) is 5.91 Å². The molecule has 1 fully saturated rings. The highest BCUT2D eigenvalue weighted by Crippen LogP contribution is 2.19. The predicted molar refractivity (Wildman–Crippen MR) is 120 cm³/mol. The van der Waals surface area contributed by atoms with E-state index >= 15 is 0 Å². The second-order valence-electron chi connectivity index (χ2n) is 7.28. The minimum absolute atomic E-state index is 0.241. The van der Waals surface area contributed by atoms with Crippen molar-refractivity contribution in [2.24, 2.45) is 0 Å². The summed E-state index contributed by atoms with van der Waals surface area (Å²) in [6, 6.07) is 16.9. The average molecular weight is 422 g/mol. The molecular formula is C23H24ClN5O. The number of rotatable bonds is 5. The first-order valence-corrected chi connectivity index (χ1v) is 10.5. The van der Waals surface area contributed by atoms with Crippen LogP contribution in [0.2, 0.25) is 5.02 Å². The lowest BCUT2D eigenvalue weighted by molar-refractivity contribution is 0.102. The maximum absolute atomic E-state index is 12.4. The number of halogens is 1. The summed E-state index contributed by atoms with van der Waals surface area (Å²) < 4.78 is 0. The van der Waals surface area contributed by atoms with Gasteiger partial charge in [-0.25, -0.2) is 4.98 Å². The molecule has 0 bridgehead atoms. The Morgan fingerprint density at radius 1 is 0.967 bits per heavy atom. The fraction of sp³-hybridized carbons (Fsp3) is 0.261. The number of pyridine rings is 2. The first kappa shape index (κ1) is 20.3. The van der Waals surface area contributed by atoms with Gasteiger partial charge in [0.15, 0.2) is 0 Å². The number of anilines is 2. The summed E-state index contributed by atoms with van der Waals surface area (Å²) in [5.74, 6) is 0.681. The molecule has 0 aliphatic carbocycles. The van der Waals surface area contributed by atoms with Crippen LogP contribution < -0.4 is 10.2 Å². The van der Waals surface area contributed by atoms with E-state index in [0.29, 0.717) is 16.3 Å². The van der Waals surface area contributed by atoms with E-state index in [1.807, 2.05) is 30.5 Å². The summed E-state index contributed by atoms with van der Waals surface area (Å²) >= 11 is 6.10. The van der Waals surface area contributed by atoms with Crippen LogP contribution in [0, 0.1) is 0 Å². The monoisotopic (exact) mass is 421 g/mol. The Morgan fingerprint density at radius 3 is 2.60 bits per heavy atom. The second kappa shape index (κ2) is 9.69. The number of hydrogen-bond donors (Lipinski definition) is 1. The Labute approximate surface area is 181 Å². The minimum atomic E-state index is -0.241. The van der Waals surface area contributed by atoms with Crippen LogP contribution in [0.5, 0.6) is 0 Å². The van der Waals surface area contributed by atoms with Gasteiger partial charge in [0.05, 0.1) is 28.2 Å². The highest BCUT2D eigenvalue weighted by atomic mass is 35.5. The van der Waals surface area contributed by atoms with Gasteiger partial charge in [-0.3, -0.25) is 14.7 Å². The van der Waals surface area contributed by atoms with Crippen LogP contribution in [0.15, 0.2) is 67.0 Å². The molecule has 1 aliphatic heterocycles. The maximum atomic E-state index is 12.4. The SMILES string of the molecule is O=C(Nc1ccc(N2CCCN(Cc3ccccn3)CC2)nc1)c1ccccc1Cl. The fourth-order valence-corrected chi connectivity index (χ4v) is 3.79. The molecule has 30 heavy (non-hydrogen) atoms. The summed E-state index contributed by atoms with van der Waals surface area (Å²) in [5.41, 5.74) is 2.20. The van der Waals surface area contributed by atoms with Crippen molar-refractivity contribution in [3.8, 4) is 0 Å². The molecule has 0 saturated carbocycles. The van der Waals surface area contributed by atoms with Crippen LogP contribution in [-0.4, -0.2) is 47.0 Å². The summed E-state index contributed by atoms with van der Waals surface area (Å²) in [7, 11) is 0. The molecule has 154 valence electrons. The Balaban J connectivity index is 1.35. The standard InChI is InChI=1S/C23H24ClN5O/c24-21-8-2-1-7-20(21)23(30)27-18-9-10-22(26-16-18)29-13-5-12-28(14-15-29)17-19-6-3-4-11-25-19/h1-4,6-11,16H,5,12-15,17H2,(H,27,30). The molecule has 3 aromatic rings. The van der Waals surface area contributed by atoms with Crippen LogP contribution in [0.1, 0.15) is 22.5 Å². The molecule has 0 unspecified atom stereocenters. The zero-order valence-corrected chi connectivity index (χ0v) is 17.4. The smallest absolute Gasteiger partial charge is 0.257 e. The van der Waals surface area contributed by atoms with Gasteiger partial charge in [0, 0.05) is 38.9 Å².